The Labute approximate surface area is 90.4 Å². The summed E-state index contributed by atoms with van der Waals surface area (Å²) in [6.45, 7) is 0. The number of hydrogen-bond acceptors (Lipinski definition) is 3. The highest BCUT2D eigenvalue weighted by molar-refractivity contribution is 5.54. The van der Waals surface area contributed by atoms with Crippen molar-refractivity contribution in [3.05, 3.63) is 53.3 Å². The average molecular weight is 212 g/mol. The van der Waals surface area contributed by atoms with Crippen LogP contribution < -0.4 is 5.56 Å². The van der Waals surface area contributed by atoms with Gasteiger partial charge in [0.05, 0.1) is 11.4 Å². The van der Waals surface area contributed by atoms with Gasteiger partial charge in [0.15, 0.2) is 0 Å². The second kappa shape index (κ2) is 3.30. The SMILES string of the molecule is O=c1[nH]c(-c2ccccn2)cn2ccnc12. The van der Waals surface area contributed by atoms with Crippen LogP contribution in [0.15, 0.2) is 47.8 Å². The Kier molecular flexibility index (Phi) is 1.83. The molecule has 0 amide bonds. The van der Waals surface area contributed by atoms with Gasteiger partial charge in [0.1, 0.15) is 0 Å². The van der Waals surface area contributed by atoms with Crippen molar-refractivity contribution < 1.29 is 0 Å². The van der Waals surface area contributed by atoms with Gasteiger partial charge in [-0.05, 0) is 12.1 Å². The van der Waals surface area contributed by atoms with Crippen LogP contribution in [0.3, 0.4) is 0 Å². The van der Waals surface area contributed by atoms with Crippen LogP contribution in [-0.2, 0) is 0 Å². The number of hydrogen-bond donors (Lipinski definition) is 1. The molecule has 0 atom stereocenters. The third kappa shape index (κ3) is 1.30. The van der Waals surface area contributed by atoms with Gasteiger partial charge in [0.25, 0.3) is 5.56 Å². The molecule has 0 aliphatic carbocycles. The first-order valence-corrected chi connectivity index (χ1v) is 4.82. The van der Waals surface area contributed by atoms with E-state index in [0.717, 1.165) is 5.69 Å². The van der Waals surface area contributed by atoms with Gasteiger partial charge in [-0.1, -0.05) is 6.07 Å². The second-order valence-electron chi connectivity index (χ2n) is 3.37. The fourth-order valence-electron chi connectivity index (χ4n) is 1.59. The number of H-pyrrole nitrogens is 1. The smallest absolute Gasteiger partial charge is 0.292 e. The first-order chi connectivity index (χ1) is 7.84. The molecule has 5 nitrogen and oxygen atoms in total. The third-order valence-electron chi connectivity index (χ3n) is 2.33. The molecule has 0 aromatic carbocycles. The quantitative estimate of drug-likeness (QED) is 0.656. The molecule has 0 radical (unpaired) electrons. The largest absolute Gasteiger partial charge is 0.316 e. The van der Waals surface area contributed by atoms with Crippen LogP contribution >= 0.6 is 0 Å². The lowest BCUT2D eigenvalue weighted by atomic mass is 10.3. The molecule has 5 heteroatoms. The van der Waals surface area contributed by atoms with E-state index in [9.17, 15) is 4.79 Å². The molecule has 0 spiro atoms. The van der Waals surface area contributed by atoms with Crippen LogP contribution in [0.1, 0.15) is 0 Å². The van der Waals surface area contributed by atoms with Crippen LogP contribution in [0.25, 0.3) is 17.0 Å². The van der Waals surface area contributed by atoms with Crippen molar-refractivity contribution in [1.29, 1.82) is 0 Å². The van der Waals surface area contributed by atoms with Gasteiger partial charge in [-0.3, -0.25) is 9.78 Å². The van der Waals surface area contributed by atoms with Crippen molar-refractivity contribution in [3.63, 3.8) is 0 Å². The van der Waals surface area contributed by atoms with Gasteiger partial charge in [-0.25, -0.2) is 4.98 Å². The van der Waals surface area contributed by atoms with E-state index in [1.807, 2.05) is 18.2 Å². The van der Waals surface area contributed by atoms with E-state index < -0.39 is 0 Å². The minimum absolute atomic E-state index is 0.215. The number of nitrogens with zero attached hydrogens (tertiary/aromatic N) is 3. The molecule has 0 unspecified atom stereocenters. The molecule has 0 aliphatic heterocycles. The summed E-state index contributed by atoms with van der Waals surface area (Å²) >= 11 is 0. The molecule has 78 valence electrons. The lowest BCUT2D eigenvalue weighted by molar-refractivity contribution is 1.08. The molecular weight excluding hydrogens is 204 g/mol. The van der Waals surface area contributed by atoms with E-state index in [2.05, 4.69) is 15.0 Å². The van der Waals surface area contributed by atoms with Crippen molar-refractivity contribution in [3.8, 4) is 11.4 Å². The highest BCUT2D eigenvalue weighted by Gasteiger charge is 2.04. The zero-order valence-electron chi connectivity index (χ0n) is 8.29. The first-order valence-electron chi connectivity index (χ1n) is 4.82. The lowest BCUT2D eigenvalue weighted by Crippen LogP contribution is -2.11. The fraction of sp³-hybridized carbons (Fsp3) is 0. The molecule has 0 saturated heterocycles. The van der Waals surface area contributed by atoms with Crippen LogP contribution in [0.5, 0.6) is 0 Å². The molecule has 16 heavy (non-hydrogen) atoms. The van der Waals surface area contributed by atoms with Crippen LogP contribution in [0.4, 0.5) is 0 Å². The Morgan fingerprint density at radius 2 is 2.12 bits per heavy atom. The van der Waals surface area contributed by atoms with E-state index in [-0.39, 0.29) is 5.56 Å². The number of nitrogens with one attached hydrogen (secondary N) is 1. The summed E-state index contributed by atoms with van der Waals surface area (Å²) in [5.74, 6) is 0. The number of rotatable bonds is 1. The lowest BCUT2D eigenvalue weighted by Gasteiger charge is -2.00. The van der Waals surface area contributed by atoms with E-state index in [0.29, 0.717) is 11.3 Å². The van der Waals surface area contributed by atoms with Gasteiger partial charge < -0.3 is 9.38 Å². The Hall–Kier alpha value is -2.43. The zero-order valence-corrected chi connectivity index (χ0v) is 8.29. The minimum Gasteiger partial charge on any atom is -0.316 e. The van der Waals surface area contributed by atoms with E-state index in [1.54, 1.807) is 29.2 Å². The van der Waals surface area contributed by atoms with Crippen LogP contribution in [0, 0.1) is 0 Å². The highest BCUT2D eigenvalue weighted by Crippen LogP contribution is 2.11. The standard InChI is InChI=1S/C11H8N4O/c16-11-10-13-5-6-15(10)7-9(14-11)8-3-1-2-4-12-8/h1-7H,(H,14,16). The van der Waals surface area contributed by atoms with Gasteiger partial charge in [-0.15, -0.1) is 0 Å². The third-order valence-corrected chi connectivity index (χ3v) is 2.33. The Bertz CT molecular complexity index is 684. The molecule has 0 aliphatic rings. The molecule has 3 rings (SSSR count). The molecule has 0 saturated carbocycles. The average Bonchev–Trinajstić information content (AvgIpc) is 2.79. The van der Waals surface area contributed by atoms with Gasteiger partial charge in [-0.2, -0.15) is 0 Å². The normalized spacial score (nSPS) is 10.8. The molecule has 0 bridgehead atoms. The summed E-state index contributed by atoms with van der Waals surface area (Å²) in [4.78, 5) is 22.5. The molecule has 3 aromatic heterocycles. The van der Waals surface area contributed by atoms with Crippen molar-refractivity contribution in [2.24, 2.45) is 0 Å². The maximum absolute atomic E-state index is 11.7. The predicted octanol–water partition coefficient (Wildman–Crippen LogP) is 1.08. The number of fused-ring (bicyclic) bond motifs is 1. The summed E-state index contributed by atoms with van der Waals surface area (Å²) in [5, 5.41) is 0. The maximum Gasteiger partial charge on any atom is 0.292 e. The summed E-state index contributed by atoms with van der Waals surface area (Å²) in [7, 11) is 0. The van der Waals surface area contributed by atoms with E-state index >= 15 is 0 Å². The molecule has 1 N–H and O–H groups in total. The molecule has 3 heterocycles. The monoisotopic (exact) mass is 212 g/mol. The zero-order chi connectivity index (χ0) is 11.0. The fourth-order valence-corrected chi connectivity index (χ4v) is 1.59. The molecular formula is C11H8N4O. The highest BCUT2D eigenvalue weighted by atomic mass is 16.1. The summed E-state index contributed by atoms with van der Waals surface area (Å²) in [6.07, 6.45) is 6.81. The summed E-state index contributed by atoms with van der Waals surface area (Å²) in [5.41, 5.74) is 1.58. The van der Waals surface area contributed by atoms with Gasteiger partial charge in [0, 0.05) is 24.8 Å². The van der Waals surface area contributed by atoms with Crippen LogP contribution in [0.2, 0.25) is 0 Å². The first kappa shape index (κ1) is 8.84. The number of aromatic amines is 1. The van der Waals surface area contributed by atoms with Gasteiger partial charge >= 0.3 is 0 Å². The topological polar surface area (TPSA) is 63.0 Å². The van der Waals surface area contributed by atoms with Crippen molar-refractivity contribution >= 4 is 5.65 Å². The Morgan fingerprint density at radius 3 is 2.94 bits per heavy atom. The Balaban J connectivity index is 2.30. The van der Waals surface area contributed by atoms with Crippen molar-refractivity contribution in [2.45, 2.75) is 0 Å². The number of aromatic nitrogens is 4. The maximum atomic E-state index is 11.7. The molecule has 0 fully saturated rings. The minimum atomic E-state index is -0.215. The van der Waals surface area contributed by atoms with Crippen molar-refractivity contribution in [2.75, 3.05) is 0 Å². The number of imidazole rings is 1. The van der Waals surface area contributed by atoms with E-state index in [1.165, 1.54) is 0 Å². The number of pyridine rings is 1. The second-order valence-corrected chi connectivity index (χ2v) is 3.37. The van der Waals surface area contributed by atoms with Crippen LogP contribution in [-0.4, -0.2) is 19.4 Å². The summed E-state index contributed by atoms with van der Waals surface area (Å²) in [6, 6.07) is 5.55. The Morgan fingerprint density at radius 1 is 1.19 bits per heavy atom. The summed E-state index contributed by atoms with van der Waals surface area (Å²) < 4.78 is 1.68. The van der Waals surface area contributed by atoms with Gasteiger partial charge in [0.2, 0.25) is 5.65 Å². The van der Waals surface area contributed by atoms with Crippen molar-refractivity contribution in [1.82, 2.24) is 19.4 Å². The molecule has 3 aromatic rings. The van der Waals surface area contributed by atoms with E-state index in [4.69, 9.17) is 0 Å². The predicted molar refractivity (Wildman–Crippen MR) is 59.0 cm³/mol.